The number of hydrogen-bond acceptors (Lipinski definition) is 3. The highest BCUT2D eigenvalue weighted by atomic mass is 16.3. The van der Waals surface area contributed by atoms with Gasteiger partial charge in [0.2, 0.25) is 0 Å². The molecule has 0 bridgehead atoms. The Morgan fingerprint density at radius 1 is 1.12 bits per heavy atom. The first kappa shape index (κ1) is 16.9. The van der Waals surface area contributed by atoms with E-state index in [2.05, 4.69) is 6.58 Å². The van der Waals surface area contributed by atoms with Crippen LogP contribution >= 0.6 is 0 Å². The number of amides is 1. The van der Waals surface area contributed by atoms with Crippen LogP contribution in [0.5, 0.6) is 0 Å². The molecule has 1 aliphatic heterocycles. The molecule has 126 valence electrons. The number of ketones is 1. The van der Waals surface area contributed by atoms with Gasteiger partial charge in [0.1, 0.15) is 0 Å². The zero-order valence-electron chi connectivity index (χ0n) is 13.8. The van der Waals surface area contributed by atoms with Crippen molar-refractivity contribution >= 4 is 23.5 Å². The Bertz CT molecular complexity index is 841. The molecule has 2 aromatic rings. The largest absolute Gasteiger partial charge is 0.375 e. The molecular formula is C21H19NO3. The van der Waals surface area contributed by atoms with Crippen molar-refractivity contribution in [2.75, 3.05) is 11.4 Å². The summed E-state index contributed by atoms with van der Waals surface area (Å²) in [5, 5.41) is 11.0. The Hall–Kier alpha value is -2.98. The number of aliphatic hydroxyl groups is 1. The minimum Gasteiger partial charge on any atom is -0.375 e. The summed E-state index contributed by atoms with van der Waals surface area (Å²) in [6.07, 6.45) is 4.38. The minimum atomic E-state index is -1.84. The molecule has 25 heavy (non-hydrogen) atoms. The van der Waals surface area contributed by atoms with Crippen molar-refractivity contribution < 1.29 is 14.7 Å². The summed E-state index contributed by atoms with van der Waals surface area (Å²) >= 11 is 0. The van der Waals surface area contributed by atoms with Crippen molar-refractivity contribution in [2.45, 2.75) is 12.0 Å². The lowest BCUT2D eigenvalue weighted by Crippen LogP contribution is -2.41. The number of anilines is 1. The van der Waals surface area contributed by atoms with Crippen LogP contribution in [0.15, 0.2) is 73.3 Å². The number of nitrogens with zero attached hydrogens (tertiary/aromatic N) is 1. The Kier molecular flexibility index (Phi) is 4.63. The first-order chi connectivity index (χ1) is 12.1. The van der Waals surface area contributed by atoms with Crippen molar-refractivity contribution in [2.24, 2.45) is 0 Å². The van der Waals surface area contributed by atoms with Crippen molar-refractivity contribution in [1.29, 1.82) is 0 Å². The molecule has 2 aromatic carbocycles. The summed E-state index contributed by atoms with van der Waals surface area (Å²) in [7, 11) is 0. The second kappa shape index (κ2) is 6.87. The van der Waals surface area contributed by atoms with E-state index in [1.165, 1.54) is 11.0 Å². The van der Waals surface area contributed by atoms with E-state index >= 15 is 0 Å². The molecule has 1 heterocycles. The second-order valence-corrected chi connectivity index (χ2v) is 5.97. The number of benzene rings is 2. The molecule has 0 aromatic heterocycles. The third-order valence-electron chi connectivity index (χ3n) is 4.24. The van der Waals surface area contributed by atoms with Crippen LogP contribution < -0.4 is 4.90 Å². The average Bonchev–Trinajstić information content (AvgIpc) is 2.83. The molecule has 0 saturated heterocycles. The van der Waals surface area contributed by atoms with E-state index in [1.54, 1.807) is 36.4 Å². The normalized spacial score (nSPS) is 19.2. The smallest absolute Gasteiger partial charge is 0.264 e. The number of carbonyl (C=O) groups is 2. The van der Waals surface area contributed by atoms with E-state index in [-0.39, 0.29) is 18.7 Å². The van der Waals surface area contributed by atoms with E-state index in [1.807, 2.05) is 30.3 Å². The molecule has 1 N–H and O–H groups in total. The Balaban J connectivity index is 1.85. The Labute approximate surface area is 146 Å². The van der Waals surface area contributed by atoms with E-state index in [9.17, 15) is 14.7 Å². The van der Waals surface area contributed by atoms with Crippen molar-refractivity contribution in [3.05, 3.63) is 84.5 Å². The fourth-order valence-corrected chi connectivity index (χ4v) is 3.05. The Morgan fingerprint density at radius 2 is 1.80 bits per heavy atom. The number of fused-ring (bicyclic) bond motifs is 1. The number of para-hydroxylation sites is 1. The fourth-order valence-electron chi connectivity index (χ4n) is 3.05. The molecule has 4 nitrogen and oxygen atoms in total. The van der Waals surface area contributed by atoms with Crippen molar-refractivity contribution in [3.8, 4) is 0 Å². The summed E-state index contributed by atoms with van der Waals surface area (Å²) in [6, 6.07) is 16.4. The maximum Gasteiger partial charge on any atom is 0.264 e. The molecule has 0 spiro atoms. The lowest BCUT2D eigenvalue weighted by atomic mass is 9.89. The lowest BCUT2D eigenvalue weighted by molar-refractivity contribution is -0.140. The van der Waals surface area contributed by atoms with Crippen molar-refractivity contribution in [3.63, 3.8) is 0 Å². The number of rotatable bonds is 6. The molecule has 3 rings (SSSR count). The predicted molar refractivity (Wildman–Crippen MR) is 98.0 cm³/mol. The van der Waals surface area contributed by atoms with Gasteiger partial charge in [0, 0.05) is 12.1 Å². The molecule has 4 heteroatoms. The van der Waals surface area contributed by atoms with Crippen LogP contribution in [0.1, 0.15) is 17.5 Å². The highest BCUT2D eigenvalue weighted by Gasteiger charge is 2.50. The maximum absolute atomic E-state index is 12.7. The first-order valence-corrected chi connectivity index (χ1v) is 8.07. The van der Waals surface area contributed by atoms with E-state index in [0.29, 0.717) is 11.3 Å². The standard InChI is InChI=1S/C21H19NO3/c1-2-14-22-19-11-7-6-10-18(19)21(25,20(22)24)15-17(23)13-12-16-8-4-3-5-9-16/h2-13,25H,1,14-15H2/b13-12+. The van der Waals surface area contributed by atoms with Gasteiger partial charge in [0.15, 0.2) is 11.4 Å². The van der Waals surface area contributed by atoms with Gasteiger partial charge >= 0.3 is 0 Å². The van der Waals surface area contributed by atoms with Gasteiger partial charge in [-0.2, -0.15) is 0 Å². The lowest BCUT2D eigenvalue weighted by Gasteiger charge is -2.21. The van der Waals surface area contributed by atoms with E-state index in [0.717, 1.165) is 5.56 Å². The maximum atomic E-state index is 12.7. The van der Waals surface area contributed by atoms with E-state index in [4.69, 9.17) is 0 Å². The molecule has 1 atom stereocenters. The quantitative estimate of drug-likeness (QED) is 0.653. The van der Waals surface area contributed by atoms with Gasteiger partial charge in [-0.3, -0.25) is 9.59 Å². The van der Waals surface area contributed by atoms with Gasteiger partial charge in [0.25, 0.3) is 5.91 Å². The van der Waals surface area contributed by atoms with Crippen LogP contribution in [0.3, 0.4) is 0 Å². The summed E-state index contributed by atoms with van der Waals surface area (Å²) in [6.45, 7) is 3.93. The van der Waals surface area contributed by atoms with Gasteiger partial charge in [-0.05, 0) is 17.7 Å². The number of allylic oxidation sites excluding steroid dienone is 1. The van der Waals surface area contributed by atoms with Crippen molar-refractivity contribution in [1.82, 2.24) is 0 Å². The monoisotopic (exact) mass is 333 g/mol. The number of hydrogen-bond donors (Lipinski definition) is 1. The first-order valence-electron chi connectivity index (χ1n) is 8.07. The molecule has 1 aliphatic rings. The molecule has 0 saturated carbocycles. The SMILES string of the molecule is C=CCN1C(=O)C(O)(CC(=O)/C=C/c2ccccc2)c2ccccc21. The molecule has 1 unspecified atom stereocenters. The summed E-state index contributed by atoms with van der Waals surface area (Å²) in [5.74, 6) is -0.801. The minimum absolute atomic E-state index is 0.284. The average molecular weight is 333 g/mol. The van der Waals surface area contributed by atoms with Crippen LogP contribution in [0.2, 0.25) is 0 Å². The molecule has 0 radical (unpaired) electrons. The van der Waals surface area contributed by atoms with Gasteiger partial charge in [-0.15, -0.1) is 6.58 Å². The van der Waals surface area contributed by atoms with Crippen LogP contribution in [-0.4, -0.2) is 23.3 Å². The van der Waals surface area contributed by atoms with Crippen LogP contribution in [-0.2, 0) is 15.2 Å². The topological polar surface area (TPSA) is 57.6 Å². The van der Waals surface area contributed by atoms with Gasteiger partial charge in [-0.1, -0.05) is 60.7 Å². The molecule has 1 amide bonds. The van der Waals surface area contributed by atoms with Crippen LogP contribution in [0.4, 0.5) is 5.69 Å². The highest BCUT2D eigenvalue weighted by molar-refractivity contribution is 6.10. The molecule has 0 aliphatic carbocycles. The molecular weight excluding hydrogens is 314 g/mol. The number of carbonyl (C=O) groups excluding carboxylic acids is 2. The fraction of sp³-hybridized carbons (Fsp3) is 0.143. The zero-order chi connectivity index (χ0) is 17.9. The van der Waals surface area contributed by atoms with Gasteiger partial charge in [-0.25, -0.2) is 0 Å². The summed E-state index contributed by atoms with van der Waals surface area (Å²) in [5.41, 5.74) is 0.130. The third kappa shape index (κ3) is 3.16. The molecule has 0 fully saturated rings. The second-order valence-electron chi connectivity index (χ2n) is 5.97. The third-order valence-corrected chi connectivity index (χ3v) is 4.24. The predicted octanol–water partition coefficient (Wildman–Crippen LogP) is 3.08. The van der Waals surface area contributed by atoms with Crippen LogP contribution in [0, 0.1) is 0 Å². The summed E-state index contributed by atoms with van der Waals surface area (Å²) in [4.78, 5) is 26.6. The summed E-state index contributed by atoms with van der Waals surface area (Å²) < 4.78 is 0. The highest BCUT2D eigenvalue weighted by Crippen LogP contribution is 2.42. The Morgan fingerprint density at radius 3 is 2.52 bits per heavy atom. The zero-order valence-corrected chi connectivity index (χ0v) is 13.8. The van der Waals surface area contributed by atoms with Gasteiger partial charge in [0.05, 0.1) is 12.1 Å². The van der Waals surface area contributed by atoms with E-state index < -0.39 is 11.5 Å². The van der Waals surface area contributed by atoms with Gasteiger partial charge < -0.3 is 10.0 Å². The van der Waals surface area contributed by atoms with Crippen LogP contribution in [0.25, 0.3) is 6.08 Å².